The molecule has 0 atom stereocenters. The van der Waals surface area contributed by atoms with Gasteiger partial charge in [0.1, 0.15) is 11.6 Å². The number of carbonyl (C=O) groups excluding carboxylic acids is 2. The van der Waals surface area contributed by atoms with E-state index in [4.69, 9.17) is 4.98 Å². The van der Waals surface area contributed by atoms with Gasteiger partial charge in [-0.25, -0.2) is 4.98 Å². The van der Waals surface area contributed by atoms with E-state index in [2.05, 4.69) is 24.8 Å². The molecule has 2 aliphatic rings. The van der Waals surface area contributed by atoms with Gasteiger partial charge in [-0.15, -0.1) is 0 Å². The van der Waals surface area contributed by atoms with Crippen molar-refractivity contribution in [3.63, 3.8) is 0 Å². The first kappa shape index (κ1) is 30.7. The first-order chi connectivity index (χ1) is 20.0. The van der Waals surface area contributed by atoms with Gasteiger partial charge in [0.15, 0.2) is 5.13 Å². The van der Waals surface area contributed by atoms with Crippen LogP contribution in [0.4, 0.5) is 5.13 Å². The number of amides is 2. The number of nitrogens with zero attached hydrogens (tertiary/aromatic N) is 4. The van der Waals surface area contributed by atoms with E-state index >= 15 is 0 Å². The lowest BCUT2D eigenvalue weighted by Crippen LogP contribution is -2.43. The van der Waals surface area contributed by atoms with Gasteiger partial charge in [0, 0.05) is 31.1 Å². The molecule has 0 radical (unpaired) electrons. The Bertz CT molecular complexity index is 1290. The third-order valence-electron chi connectivity index (χ3n) is 8.13. The standard InChI is InChI=1S/C34H44N4O2S/c1-4-7-20-37(21-8-5-2)34-36-31(26-18-14-11-15-19-26)29(41-34)23-27-30(25-16-12-10-13-17-25)28(24-35)33(40)38(32(27)39)22-9-6-3/h10,12-13,16-17,23,26H,4-9,11,14-15,18-22H2,1-3H3/b27-23-. The molecular weight excluding hydrogens is 528 g/mol. The SMILES string of the molecule is CCCCN1C(=O)C(C#N)=C(c2ccccc2)/C(=C/c2sc(N(CCCC)CCCC)nc2C2CCCCC2)C1=O. The fourth-order valence-electron chi connectivity index (χ4n) is 5.75. The lowest BCUT2D eigenvalue weighted by Gasteiger charge is -2.29. The lowest BCUT2D eigenvalue weighted by molar-refractivity contribution is -0.140. The average molecular weight is 573 g/mol. The Hall–Kier alpha value is -3.24. The van der Waals surface area contributed by atoms with E-state index in [1.165, 1.54) is 24.2 Å². The Morgan fingerprint density at radius 3 is 2.24 bits per heavy atom. The number of rotatable bonds is 13. The summed E-state index contributed by atoms with van der Waals surface area (Å²) in [5.41, 5.74) is 2.68. The van der Waals surface area contributed by atoms with Crippen molar-refractivity contribution in [2.45, 2.75) is 97.3 Å². The van der Waals surface area contributed by atoms with Crippen molar-refractivity contribution in [3.05, 3.63) is 57.6 Å². The highest BCUT2D eigenvalue weighted by molar-refractivity contribution is 7.16. The Morgan fingerprint density at radius 2 is 1.63 bits per heavy atom. The van der Waals surface area contributed by atoms with Gasteiger partial charge in [-0.3, -0.25) is 14.5 Å². The topological polar surface area (TPSA) is 77.3 Å². The second kappa shape index (κ2) is 15.1. The van der Waals surface area contributed by atoms with E-state index in [1.807, 2.05) is 43.3 Å². The molecule has 2 amide bonds. The molecule has 1 aromatic heterocycles. The molecule has 0 spiro atoms. The van der Waals surface area contributed by atoms with E-state index in [1.54, 1.807) is 11.3 Å². The number of nitriles is 1. The second-order valence-electron chi connectivity index (χ2n) is 11.2. The highest BCUT2D eigenvalue weighted by Crippen LogP contribution is 2.42. The minimum absolute atomic E-state index is 0.0367. The number of aromatic nitrogens is 1. The number of anilines is 1. The molecule has 2 heterocycles. The number of carbonyl (C=O) groups is 2. The molecule has 6 nitrogen and oxygen atoms in total. The number of hydrogen-bond acceptors (Lipinski definition) is 6. The van der Waals surface area contributed by atoms with Crippen LogP contribution >= 0.6 is 11.3 Å². The van der Waals surface area contributed by atoms with Crippen molar-refractivity contribution in [2.75, 3.05) is 24.5 Å². The van der Waals surface area contributed by atoms with Crippen LogP contribution in [0.1, 0.15) is 113 Å². The zero-order chi connectivity index (χ0) is 29.2. The molecule has 0 saturated heterocycles. The minimum atomic E-state index is -0.496. The predicted molar refractivity (Wildman–Crippen MR) is 169 cm³/mol. The summed E-state index contributed by atoms with van der Waals surface area (Å²) < 4.78 is 0. The fraction of sp³-hybridized carbons (Fsp3) is 0.529. The van der Waals surface area contributed by atoms with Gasteiger partial charge in [0.05, 0.1) is 16.1 Å². The van der Waals surface area contributed by atoms with Crippen molar-refractivity contribution < 1.29 is 9.59 Å². The van der Waals surface area contributed by atoms with Gasteiger partial charge < -0.3 is 4.90 Å². The Labute approximate surface area is 249 Å². The monoisotopic (exact) mass is 572 g/mol. The molecular formula is C34H44N4O2S. The largest absolute Gasteiger partial charge is 0.348 e. The van der Waals surface area contributed by atoms with Crippen LogP contribution in [0, 0.1) is 11.3 Å². The van der Waals surface area contributed by atoms with Crippen LogP contribution in [-0.4, -0.2) is 41.3 Å². The summed E-state index contributed by atoms with van der Waals surface area (Å²) in [6.07, 6.45) is 13.8. The number of benzene rings is 1. The van der Waals surface area contributed by atoms with E-state index in [0.717, 1.165) is 73.7 Å². The maximum atomic E-state index is 14.1. The molecule has 1 aliphatic heterocycles. The van der Waals surface area contributed by atoms with Crippen LogP contribution in [0.5, 0.6) is 0 Å². The van der Waals surface area contributed by atoms with Gasteiger partial charge in [-0.1, -0.05) is 101 Å². The number of imide groups is 1. The van der Waals surface area contributed by atoms with Crippen LogP contribution in [0.3, 0.4) is 0 Å². The summed E-state index contributed by atoms with van der Waals surface area (Å²) in [6, 6.07) is 11.6. The fourth-order valence-corrected chi connectivity index (χ4v) is 6.90. The first-order valence-electron chi connectivity index (χ1n) is 15.6. The van der Waals surface area contributed by atoms with E-state index in [0.29, 0.717) is 35.6 Å². The van der Waals surface area contributed by atoms with Crippen molar-refractivity contribution in [1.29, 1.82) is 5.26 Å². The molecule has 1 fully saturated rings. The molecule has 218 valence electrons. The summed E-state index contributed by atoms with van der Waals surface area (Å²) >= 11 is 1.66. The summed E-state index contributed by atoms with van der Waals surface area (Å²) in [4.78, 5) is 37.5. The molecule has 1 saturated carbocycles. The Morgan fingerprint density at radius 1 is 0.976 bits per heavy atom. The van der Waals surface area contributed by atoms with Gasteiger partial charge in [0.25, 0.3) is 11.8 Å². The maximum absolute atomic E-state index is 14.1. The van der Waals surface area contributed by atoms with Crippen LogP contribution in [0.2, 0.25) is 0 Å². The third-order valence-corrected chi connectivity index (χ3v) is 9.21. The molecule has 4 rings (SSSR count). The molecule has 7 heteroatoms. The zero-order valence-electron chi connectivity index (χ0n) is 25.0. The third kappa shape index (κ3) is 7.16. The van der Waals surface area contributed by atoms with Crippen LogP contribution in [0.25, 0.3) is 11.6 Å². The lowest BCUT2D eigenvalue weighted by atomic mass is 9.85. The molecule has 0 bridgehead atoms. The van der Waals surface area contributed by atoms with Gasteiger partial charge in [-0.2, -0.15) is 5.26 Å². The first-order valence-corrected chi connectivity index (χ1v) is 16.4. The van der Waals surface area contributed by atoms with Gasteiger partial charge in [0.2, 0.25) is 0 Å². The quantitative estimate of drug-likeness (QED) is 0.179. The zero-order valence-corrected chi connectivity index (χ0v) is 25.8. The van der Waals surface area contributed by atoms with Crippen molar-refractivity contribution in [2.24, 2.45) is 0 Å². The van der Waals surface area contributed by atoms with Crippen molar-refractivity contribution >= 4 is 39.9 Å². The van der Waals surface area contributed by atoms with Crippen molar-refractivity contribution in [3.8, 4) is 6.07 Å². The summed E-state index contributed by atoms with van der Waals surface area (Å²) in [5, 5.41) is 11.2. The number of unbranched alkanes of at least 4 members (excludes halogenated alkanes) is 3. The average Bonchev–Trinajstić information content (AvgIpc) is 3.43. The summed E-state index contributed by atoms with van der Waals surface area (Å²) in [7, 11) is 0. The number of thiazole rings is 1. The van der Waals surface area contributed by atoms with E-state index in [-0.39, 0.29) is 11.5 Å². The molecule has 1 aromatic carbocycles. The molecule has 0 unspecified atom stereocenters. The van der Waals surface area contributed by atoms with E-state index in [9.17, 15) is 14.9 Å². The molecule has 2 aromatic rings. The van der Waals surface area contributed by atoms with Gasteiger partial charge >= 0.3 is 0 Å². The second-order valence-corrected chi connectivity index (χ2v) is 12.2. The van der Waals surface area contributed by atoms with Crippen LogP contribution in [0.15, 0.2) is 41.5 Å². The molecule has 41 heavy (non-hydrogen) atoms. The molecule has 0 N–H and O–H groups in total. The van der Waals surface area contributed by atoms with Crippen molar-refractivity contribution in [1.82, 2.24) is 9.88 Å². The van der Waals surface area contributed by atoms with E-state index < -0.39 is 5.91 Å². The Balaban J connectivity index is 1.90. The maximum Gasteiger partial charge on any atom is 0.272 e. The predicted octanol–water partition coefficient (Wildman–Crippen LogP) is 8.13. The molecule has 1 aliphatic carbocycles. The number of hydrogen-bond donors (Lipinski definition) is 0. The smallest absolute Gasteiger partial charge is 0.272 e. The van der Waals surface area contributed by atoms with Crippen LogP contribution < -0.4 is 4.90 Å². The highest BCUT2D eigenvalue weighted by atomic mass is 32.1. The summed E-state index contributed by atoms with van der Waals surface area (Å²) in [5.74, 6) is -0.458. The minimum Gasteiger partial charge on any atom is -0.348 e. The highest BCUT2D eigenvalue weighted by Gasteiger charge is 2.38. The van der Waals surface area contributed by atoms with Crippen LogP contribution in [-0.2, 0) is 9.59 Å². The van der Waals surface area contributed by atoms with Gasteiger partial charge in [-0.05, 0) is 43.7 Å². The normalized spacial score (nSPS) is 17.4. The summed E-state index contributed by atoms with van der Waals surface area (Å²) in [6.45, 7) is 8.71. The Kier molecular flexibility index (Phi) is 11.3.